The van der Waals surface area contributed by atoms with Crippen LogP contribution in [0, 0.1) is 5.92 Å². The van der Waals surface area contributed by atoms with E-state index < -0.39 is 24.8 Å². The summed E-state index contributed by atoms with van der Waals surface area (Å²) in [6, 6.07) is 0. The van der Waals surface area contributed by atoms with E-state index in [1.165, 1.54) is 0 Å². The maximum atomic E-state index is 11.0. The van der Waals surface area contributed by atoms with Gasteiger partial charge in [-0.15, -0.1) is 0 Å². The van der Waals surface area contributed by atoms with Gasteiger partial charge in [0.2, 0.25) is 0 Å². The Morgan fingerprint density at radius 1 is 1.35 bits per heavy atom. The lowest BCUT2D eigenvalue weighted by atomic mass is 10.0. The van der Waals surface area contributed by atoms with Crippen molar-refractivity contribution >= 4 is 11.9 Å². The van der Waals surface area contributed by atoms with Crippen LogP contribution in [0.25, 0.3) is 0 Å². The molecule has 6 heteroatoms. The smallest absolute Gasteiger partial charge is 0.321 e. The monoisotopic (exact) mass is 246 g/mol. The lowest BCUT2D eigenvalue weighted by Crippen LogP contribution is -2.35. The zero-order chi connectivity index (χ0) is 12.7. The highest BCUT2D eigenvalue weighted by Crippen LogP contribution is 2.17. The number of carbonyl (C=O) groups excluding carboxylic acids is 1. The molecule has 17 heavy (non-hydrogen) atoms. The Morgan fingerprint density at radius 2 is 2.00 bits per heavy atom. The summed E-state index contributed by atoms with van der Waals surface area (Å²) in [5.41, 5.74) is 0. The van der Waals surface area contributed by atoms with Crippen molar-refractivity contribution in [1.29, 1.82) is 0 Å². The lowest BCUT2D eigenvalue weighted by Gasteiger charge is -2.28. The molecule has 0 aromatic carbocycles. The minimum absolute atomic E-state index is 0.323. The average Bonchev–Trinajstić information content (AvgIpc) is 2.27. The normalized spacial score (nSPS) is 24.3. The number of rotatable bonds is 6. The summed E-state index contributed by atoms with van der Waals surface area (Å²) in [5, 5.41) is 8.37. The molecule has 0 radical (unpaired) electrons. The number of ether oxygens (including phenoxy) is 3. The first-order valence-electron chi connectivity index (χ1n) is 5.76. The molecule has 1 saturated heterocycles. The highest BCUT2D eigenvalue weighted by molar-refractivity contribution is 5.90. The number of unbranched alkanes of at least 4 members (excludes halogenated alkanes) is 1. The van der Waals surface area contributed by atoms with Crippen molar-refractivity contribution in [2.24, 2.45) is 5.92 Å². The van der Waals surface area contributed by atoms with E-state index in [0.29, 0.717) is 19.1 Å². The SMILES string of the molecule is CCCCC1COC(OC(=O)CC(=O)O)OC1. The van der Waals surface area contributed by atoms with Gasteiger partial charge < -0.3 is 19.3 Å². The number of aliphatic carboxylic acids is 1. The van der Waals surface area contributed by atoms with E-state index in [4.69, 9.17) is 19.3 Å². The molecule has 1 rings (SSSR count). The number of hydrogen-bond donors (Lipinski definition) is 1. The van der Waals surface area contributed by atoms with Gasteiger partial charge in [0.25, 0.3) is 0 Å². The summed E-state index contributed by atoms with van der Waals surface area (Å²) in [7, 11) is 0. The summed E-state index contributed by atoms with van der Waals surface area (Å²) in [6.45, 7) is 2.01. The molecule has 0 amide bonds. The Labute approximate surface area is 99.8 Å². The highest BCUT2D eigenvalue weighted by Gasteiger charge is 2.25. The second kappa shape index (κ2) is 7.24. The molecule has 0 aliphatic carbocycles. The van der Waals surface area contributed by atoms with E-state index >= 15 is 0 Å². The van der Waals surface area contributed by atoms with Crippen LogP contribution in [0.15, 0.2) is 0 Å². The van der Waals surface area contributed by atoms with Crippen molar-refractivity contribution in [3.8, 4) is 0 Å². The molecule has 0 aromatic heterocycles. The number of carboxylic acids is 1. The molecule has 0 spiro atoms. The maximum absolute atomic E-state index is 11.0. The van der Waals surface area contributed by atoms with Crippen LogP contribution in [-0.2, 0) is 23.8 Å². The summed E-state index contributed by atoms with van der Waals surface area (Å²) < 4.78 is 15.1. The Balaban J connectivity index is 2.18. The molecule has 0 saturated carbocycles. The van der Waals surface area contributed by atoms with Gasteiger partial charge in [0.15, 0.2) is 0 Å². The van der Waals surface area contributed by atoms with E-state index in [9.17, 15) is 9.59 Å². The summed E-state index contributed by atoms with van der Waals surface area (Å²) >= 11 is 0. The summed E-state index contributed by atoms with van der Waals surface area (Å²) in [5.74, 6) is -1.76. The fourth-order valence-electron chi connectivity index (χ4n) is 1.53. The van der Waals surface area contributed by atoms with Gasteiger partial charge in [-0.1, -0.05) is 19.8 Å². The molecule has 1 aliphatic heterocycles. The molecule has 0 bridgehead atoms. The molecule has 0 aromatic rings. The van der Waals surface area contributed by atoms with Gasteiger partial charge in [0, 0.05) is 5.92 Å². The van der Waals surface area contributed by atoms with Gasteiger partial charge in [-0.2, -0.15) is 0 Å². The van der Waals surface area contributed by atoms with Crippen LogP contribution in [0.2, 0.25) is 0 Å². The van der Waals surface area contributed by atoms with Gasteiger partial charge in [0.1, 0.15) is 6.42 Å². The molecule has 98 valence electrons. The Bertz CT molecular complexity index is 257. The molecule has 6 nitrogen and oxygen atoms in total. The Morgan fingerprint density at radius 3 is 2.53 bits per heavy atom. The van der Waals surface area contributed by atoms with Gasteiger partial charge in [-0.3, -0.25) is 9.59 Å². The molecule has 1 fully saturated rings. The van der Waals surface area contributed by atoms with Crippen LogP contribution < -0.4 is 0 Å². The van der Waals surface area contributed by atoms with Crippen molar-refractivity contribution in [2.45, 2.75) is 39.1 Å². The molecule has 1 heterocycles. The second-order valence-corrected chi connectivity index (χ2v) is 4.02. The average molecular weight is 246 g/mol. The highest BCUT2D eigenvalue weighted by atomic mass is 16.9. The van der Waals surface area contributed by atoms with Gasteiger partial charge in [-0.05, 0) is 6.42 Å². The quantitative estimate of drug-likeness (QED) is 0.559. The largest absolute Gasteiger partial charge is 0.481 e. The Hall–Kier alpha value is -1.14. The number of esters is 1. The predicted octanol–water partition coefficient (Wildman–Crippen LogP) is 1.14. The predicted molar refractivity (Wildman–Crippen MR) is 57.1 cm³/mol. The zero-order valence-corrected chi connectivity index (χ0v) is 9.89. The van der Waals surface area contributed by atoms with Crippen LogP contribution in [0.3, 0.4) is 0 Å². The zero-order valence-electron chi connectivity index (χ0n) is 9.89. The standard InChI is InChI=1S/C11H18O6/c1-2-3-4-8-6-15-11(16-7-8)17-10(14)5-9(12)13/h8,11H,2-7H2,1H3,(H,12,13). The molecular formula is C11H18O6. The molecule has 0 atom stereocenters. The summed E-state index contributed by atoms with van der Waals surface area (Å²) in [4.78, 5) is 21.3. The van der Waals surface area contributed by atoms with Gasteiger partial charge in [-0.25, -0.2) is 0 Å². The molecular weight excluding hydrogens is 228 g/mol. The maximum Gasteiger partial charge on any atom is 0.321 e. The van der Waals surface area contributed by atoms with E-state index in [1.807, 2.05) is 0 Å². The first-order valence-corrected chi connectivity index (χ1v) is 5.76. The van der Waals surface area contributed by atoms with Crippen molar-refractivity contribution in [1.82, 2.24) is 0 Å². The van der Waals surface area contributed by atoms with Crippen molar-refractivity contribution in [2.75, 3.05) is 13.2 Å². The lowest BCUT2D eigenvalue weighted by molar-refractivity contribution is -0.308. The van der Waals surface area contributed by atoms with E-state index in [0.717, 1.165) is 19.3 Å². The van der Waals surface area contributed by atoms with Gasteiger partial charge >= 0.3 is 18.4 Å². The number of carbonyl (C=O) groups is 2. The van der Waals surface area contributed by atoms with Gasteiger partial charge in [0.05, 0.1) is 13.2 Å². The van der Waals surface area contributed by atoms with Crippen molar-refractivity contribution in [3.05, 3.63) is 0 Å². The topological polar surface area (TPSA) is 82.1 Å². The minimum Gasteiger partial charge on any atom is -0.481 e. The Kier molecular flexibility index (Phi) is 5.93. The second-order valence-electron chi connectivity index (χ2n) is 4.02. The van der Waals surface area contributed by atoms with E-state index in [2.05, 4.69) is 6.92 Å². The molecule has 0 unspecified atom stereocenters. The third-order valence-corrected chi connectivity index (χ3v) is 2.43. The molecule has 1 aliphatic rings. The van der Waals surface area contributed by atoms with Crippen LogP contribution in [0.4, 0.5) is 0 Å². The first-order chi connectivity index (χ1) is 8.11. The molecule has 1 N–H and O–H groups in total. The number of hydrogen-bond acceptors (Lipinski definition) is 5. The summed E-state index contributed by atoms with van der Waals surface area (Å²) in [6.07, 6.45) is 2.57. The van der Waals surface area contributed by atoms with Crippen LogP contribution >= 0.6 is 0 Å². The first kappa shape index (κ1) is 13.9. The van der Waals surface area contributed by atoms with Crippen LogP contribution in [0.1, 0.15) is 32.6 Å². The van der Waals surface area contributed by atoms with Crippen LogP contribution in [0.5, 0.6) is 0 Å². The van der Waals surface area contributed by atoms with Crippen LogP contribution in [-0.4, -0.2) is 36.7 Å². The third kappa shape index (κ3) is 5.65. The fraction of sp³-hybridized carbons (Fsp3) is 0.818. The van der Waals surface area contributed by atoms with E-state index in [-0.39, 0.29) is 0 Å². The minimum atomic E-state index is -1.23. The third-order valence-electron chi connectivity index (χ3n) is 2.43. The fourth-order valence-corrected chi connectivity index (χ4v) is 1.53. The van der Waals surface area contributed by atoms with Crippen molar-refractivity contribution in [3.63, 3.8) is 0 Å². The van der Waals surface area contributed by atoms with Crippen molar-refractivity contribution < 1.29 is 28.9 Å². The van der Waals surface area contributed by atoms with E-state index in [1.54, 1.807) is 0 Å². The number of carboxylic acid groups (broad SMARTS) is 1.